The predicted octanol–water partition coefficient (Wildman–Crippen LogP) is 1.50. The molecule has 1 aromatic carbocycles. The van der Waals surface area contributed by atoms with Gasteiger partial charge in [-0.25, -0.2) is 13.9 Å². The molecule has 3 rings (SSSR count). The van der Waals surface area contributed by atoms with Gasteiger partial charge in [0.2, 0.25) is 0 Å². The van der Waals surface area contributed by atoms with Crippen molar-refractivity contribution in [2.24, 2.45) is 10.7 Å². The van der Waals surface area contributed by atoms with Gasteiger partial charge in [-0.2, -0.15) is 5.10 Å². The zero-order valence-electron chi connectivity index (χ0n) is 14.1. The highest BCUT2D eigenvalue weighted by molar-refractivity contribution is 7.85. The molecule has 0 spiro atoms. The highest BCUT2D eigenvalue weighted by Gasteiger charge is 2.11. The van der Waals surface area contributed by atoms with Gasteiger partial charge in [0.25, 0.3) is 5.56 Å². The van der Waals surface area contributed by atoms with Crippen LogP contribution in [0.3, 0.4) is 0 Å². The van der Waals surface area contributed by atoms with Gasteiger partial charge >= 0.3 is 0 Å². The number of hydrogen-bond acceptors (Lipinski definition) is 6. The van der Waals surface area contributed by atoms with Gasteiger partial charge in [0.1, 0.15) is 15.8 Å². The Morgan fingerprint density at radius 1 is 1.31 bits per heavy atom. The van der Waals surface area contributed by atoms with E-state index < -0.39 is 10.8 Å². The van der Waals surface area contributed by atoms with E-state index >= 15 is 0 Å². The molecule has 3 aromatic rings. The van der Waals surface area contributed by atoms with Gasteiger partial charge < -0.3 is 5.73 Å². The van der Waals surface area contributed by atoms with Crippen LogP contribution >= 0.6 is 0 Å². The normalized spacial score (nSPS) is 13.3. The maximum absolute atomic E-state index is 12.6. The molecule has 0 radical (unpaired) electrons. The minimum Gasteiger partial charge on any atom is -0.400 e. The summed E-state index contributed by atoms with van der Waals surface area (Å²) in [5, 5.41) is 5.49. The lowest BCUT2D eigenvalue weighted by molar-refractivity contribution is 0.635. The SMILES string of the molecule is CN=C/C=C(\N)Cn1ncc2cc(S(=O)c3ccccc3)ncc2c1=O. The fourth-order valence-electron chi connectivity index (χ4n) is 2.33. The number of nitrogens with two attached hydrogens (primary N) is 1. The first-order valence-electron chi connectivity index (χ1n) is 7.79. The van der Waals surface area contributed by atoms with E-state index in [9.17, 15) is 9.00 Å². The summed E-state index contributed by atoms with van der Waals surface area (Å²) in [6.45, 7) is 0.151. The van der Waals surface area contributed by atoms with E-state index in [0.717, 1.165) is 0 Å². The Hall–Kier alpha value is -3.13. The van der Waals surface area contributed by atoms with Crippen molar-refractivity contribution in [3.63, 3.8) is 0 Å². The molecule has 2 N–H and O–H groups in total. The van der Waals surface area contributed by atoms with Crippen molar-refractivity contribution in [2.45, 2.75) is 16.5 Å². The summed E-state index contributed by atoms with van der Waals surface area (Å²) in [5.41, 5.74) is 6.00. The summed E-state index contributed by atoms with van der Waals surface area (Å²) < 4.78 is 13.9. The molecule has 0 bridgehead atoms. The second-order valence-corrected chi connectivity index (χ2v) is 6.87. The first-order chi connectivity index (χ1) is 12.6. The zero-order valence-corrected chi connectivity index (χ0v) is 14.9. The van der Waals surface area contributed by atoms with Crippen LogP contribution < -0.4 is 11.3 Å². The van der Waals surface area contributed by atoms with Gasteiger partial charge in [0, 0.05) is 35.4 Å². The molecule has 1 unspecified atom stereocenters. The number of nitrogens with zero attached hydrogens (tertiary/aromatic N) is 4. The van der Waals surface area contributed by atoms with Crippen LogP contribution in [-0.4, -0.2) is 32.2 Å². The van der Waals surface area contributed by atoms with Crippen LogP contribution in [0, 0.1) is 0 Å². The van der Waals surface area contributed by atoms with Crippen molar-refractivity contribution in [1.29, 1.82) is 0 Å². The Morgan fingerprint density at radius 2 is 2.08 bits per heavy atom. The Labute approximate surface area is 152 Å². The Balaban J connectivity index is 1.96. The molecule has 0 amide bonds. The molecule has 0 saturated carbocycles. The third kappa shape index (κ3) is 3.75. The summed E-state index contributed by atoms with van der Waals surface area (Å²) >= 11 is 0. The average Bonchev–Trinajstić information content (AvgIpc) is 2.68. The first-order valence-corrected chi connectivity index (χ1v) is 8.94. The Morgan fingerprint density at radius 3 is 2.81 bits per heavy atom. The highest BCUT2D eigenvalue weighted by atomic mass is 32.2. The second-order valence-electron chi connectivity index (χ2n) is 5.45. The number of rotatable bonds is 5. The van der Waals surface area contributed by atoms with E-state index in [1.54, 1.807) is 43.7 Å². The Bertz CT molecular complexity index is 1070. The van der Waals surface area contributed by atoms with Crippen molar-refractivity contribution < 1.29 is 4.21 Å². The van der Waals surface area contributed by atoms with Crippen LogP contribution in [0.5, 0.6) is 0 Å². The first kappa shape index (κ1) is 17.7. The molecule has 0 fully saturated rings. The van der Waals surface area contributed by atoms with Gasteiger partial charge in [-0.15, -0.1) is 0 Å². The average molecular weight is 367 g/mol. The molecule has 2 heterocycles. The lowest BCUT2D eigenvalue weighted by atomic mass is 10.2. The van der Waals surface area contributed by atoms with Crippen LogP contribution in [-0.2, 0) is 17.3 Å². The second kappa shape index (κ2) is 7.83. The fraction of sp³-hybridized carbons (Fsp3) is 0.111. The summed E-state index contributed by atoms with van der Waals surface area (Å²) in [5.74, 6) is 0. The third-order valence-corrected chi connectivity index (χ3v) is 4.93. The molecule has 1 atom stereocenters. The van der Waals surface area contributed by atoms with Crippen LogP contribution in [0.15, 0.2) is 80.3 Å². The van der Waals surface area contributed by atoms with E-state index in [0.29, 0.717) is 26.4 Å². The van der Waals surface area contributed by atoms with E-state index in [2.05, 4.69) is 15.1 Å². The molecule has 0 aliphatic rings. The van der Waals surface area contributed by atoms with E-state index in [1.807, 2.05) is 18.2 Å². The van der Waals surface area contributed by atoms with Gasteiger partial charge in [0.05, 0.1) is 18.1 Å². The van der Waals surface area contributed by atoms with Crippen molar-refractivity contribution in [1.82, 2.24) is 14.8 Å². The van der Waals surface area contributed by atoms with Crippen LogP contribution in [0.4, 0.5) is 0 Å². The molecular weight excluding hydrogens is 350 g/mol. The number of benzene rings is 1. The van der Waals surface area contributed by atoms with Crippen LogP contribution in [0.2, 0.25) is 0 Å². The summed E-state index contributed by atoms with van der Waals surface area (Å²) in [6.07, 6.45) is 6.14. The number of hydrogen-bond donors (Lipinski definition) is 1. The van der Waals surface area contributed by atoms with Crippen molar-refractivity contribution in [3.05, 3.63) is 70.9 Å². The molecular formula is C18H17N5O2S. The lowest BCUT2D eigenvalue weighted by Gasteiger charge is -2.07. The smallest absolute Gasteiger partial charge is 0.276 e. The van der Waals surface area contributed by atoms with Gasteiger partial charge in [0.15, 0.2) is 0 Å². The molecule has 7 nitrogen and oxygen atoms in total. The minimum absolute atomic E-state index is 0.151. The molecule has 0 aliphatic heterocycles. The number of allylic oxidation sites excluding steroid dienone is 2. The van der Waals surface area contributed by atoms with Crippen molar-refractivity contribution >= 4 is 27.8 Å². The summed E-state index contributed by atoms with van der Waals surface area (Å²) in [6, 6.07) is 10.7. The summed E-state index contributed by atoms with van der Waals surface area (Å²) in [7, 11) is 0.213. The molecule has 0 aliphatic carbocycles. The molecule has 132 valence electrons. The number of fused-ring (bicyclic) bond motifs is 1. The number of aliphatic imine (C=N–C) groups is 1. The minimum atomic E-state index is -1.42. The van der Waals surface area contributed by atoms with E-state index in [4.69, 9.17) is 5.73 Å². The molecule has 8 heteroatoms. The monoisotopic (exact) mass is 367 g/mol. The van der Waals surface area contributed by atoms with Gasteiger partial charge in [-0.05, 0) is 24.3 Å². The molecule has 26 heavy (non-hydrogen) atoms. The zero-order chi connectivity index (χ0) is 18.5. The van der Waals surface area contributed by atoms with E-state index in [1.165, 1.54) is 10.9 Å². The Kier molecular flexibility index (Phi) is 5.33. The van der Waals surface area contributed by atoms with Crippen molar-refractivity contribution in [3.8, 4) is 0 Å². The maximum atomic E-state index is 12.6. The maximum Gasteiger partial charge on any atom is 0.276 e. The van der Waals surface area contributed by atoms with Gasteiger partial charge in [-0.1, -0.05) is 18.2 Å². The number of pyridine rings is 1. The topological polar surface area (TPSA) is 103 Å². The van der Waals surface area contributed by atoms with Crippen molar-refractivity contribution in [2.75, 3.05) is 7.05 Å². The molecule has 2 aromatic heterocycles. The van der Waals surface area contributed by atoms with Crippen LogP contribution in [0.25, 0.3) is 10.8 Å². The molecule has 0 saturated heterocycles. The van der Waals surface area contributed by atoms with E-state index in [-0.39, 0.29) is 12.1 Å². The quantitative estimate of drug-likeness (QED) is 0.688. The van der Waals surface area contributed by atoms with Gasteiger partial charge in [-0.3, -0.25) is 9.79 Å². The highest BCUT2D eigenvalue weighted by Crippen LogP contribution is 2.17. The largest absolute Gasteiger partial charge is 0.400 e. The summed E-state index contributed by atoms with van der Waals surface area (Å²) in [4.78, 5) is 21.2. The predicted molar refractivity (Wildman–Crippen MR) is 102 cm³/mol. The fourth-order valence-corrected chi connectivity index (χ4v) is 3.36. The van der Waals surface area contributed by atoms with Crippen LogP contribution in [0.1, 0.15) is 0 Å². The lowest BCUT2D eigenvalue weighted by Crippen LogP contribution is -2.25. The standard InChI is InChI=1S/C18H17N5O2S/c1-20-8-7-14(19)12-23-18(24)16-11-21-17(9-13(16)10-22-23)26(25)15-5-3-2-4-6-15/h2-11H,12,19H2,1H3/b14-7-,20-8?. The third-order valence-electron chi connectivity index (χ3n) is 3.63. The number of aromatic nitrogens is 3.